The second-order valence-corrected chi connectivity index (χ2v) is 9.89. The number of benzene rings is 1. The highest BCUT2D eigenvalue weighted by atomic mass is 32.1. The van der Waals surface area contributed by atoms with Gasteiger partial charge in [-0.15, -0.1) is 11.3 Å². The average molecular weight is 437 g/mol. The number of carbonyl (C=O) groups excluding carboxylic acids is 1. The normalized spacial score (nSPS) is 16.3. The van der Waals surface area contributed by atoms with Crippen molar-refractivity contribution in [2.45, 2.75) is 25.7 Å². The summed E-state index contributed by atoms with van der Waals surface area (Å²) in [6.07, 6.45) is 3.57. The number of amides is 1. The lowest BCUT2D eigenvalue weighted by atomic mass is 10.0. The molecule has 8 nitrogen and oxygen atoms in total. The van der Waals surface area contributed by atoms with Gasteiger partial charge in [-0.3, -0.25) is 9.36 Å². The van der Waals surface area contributed by atoms with Crippen LogP contribution in [0.1, 0.15) is 40.1 Å². The van der Waals surface area contributed by atoms with Gasteiger partial charge in [-0.1, -0.05) is 6.42 Å². The van der Waals surface area contributed by atoms with Crippen LogP contribution in [0.5, 0.6) is 5.75 Å². The van der Waals surface area contributed by atoms with Crippen LogP contribution in [-0.4, -0.2) is 58.1 Å². The van der Waals surface area contributed by atoms with Gasteiger partial charge in [0.1, 0.15) is 5.75 Å². The first-order chi connectivity index (χ1) is 13.9. The second-order valence-electron chi connectivity index (χ2n) is 7.36. The van der Waals surface area contributed by atoms with Crippen LogP contribution >= 0.6 is 18.9 Å². The van der Waals surface area contributed by atoms with Gasteiger partial charge in [-0.05, 0) is 43.6 Å². The fraction of sp³-hybridized carbons (Fsp3) is 0.474. The number of hydrogen-bond acceptors (Lipinski definition) is 6. The summed E-state index contributed by atoms with van der Waals surface area (Å²) < 4.78 is 16.6. The largest absolute Gasteiger partial charge is 0.480 e. The molecule has 1 aliphatic heterocycles. The van der Waals surface area contributed by atoms with Crippen molar-refractivity contribution in [2.75, 3.05) is 32.5 Å². The Morgan fingerprint density at radius 3 is 2.83 bits per heavy atom. The van der Waals surface area contributed by atoms with Crippen molar-refractivity contribution in [1.29, 1.82) is 0 Å². The summed E-state index contributed by atoms with van der Waals surface area (Å²) in [5.74, 6) is 0.202. The molecule has 2 heterocycles. The molecule has 0 atom stereocenters. The summed E-state index contributed by atoms with van der Waals surface area (Å²) in [6, 6.07) is 3.27. The number of hydrogen-bond donors (Lipinski definition) is 3. The Morgan fingerprint density at radius 2 is 2.07 bits per heavy atom. The van der Waals surface area contributed by atoms with E-state index in [1.165, 1.54) is 30.6 Å². The Balaban J connectivity index is 1.51. The Kier molecular flexibility index (Phi) is 6.03. The molecule has 1 fully saturated rings. The highest BCUT2D eigenvalue weighted by Gasteiger charge is 2.30. The molecule has 0 spiro atoms. The monoisotopic (exact) mass is 437 g/mol. The minimum Gasteiger partial charge on any atom is -0.480 e. The smallest absolute Gasteiger partial charge is 0.362 e. The van der Waals surface area contributed by atoms with Crippen LogP contribution in [0.15, 0.2) is 17.6 Å². The van der Waals surface area contributed by atoms with E-state index in [1.807, 2.05) is 0 Å². The zero-order valence-corrected chi connectivity index (χ0v) is 17.7. The highest BCUT2D eigenvalue weighted by molar-refractivity contribution is 7.51. The molecule has 0 bridgehead atoms. The molecule has 1 saturated heterocycles. The van der Waals surface area contributed by atoms with E-state index in [0.29, 0.717) is 29.8 Å². The first-order valence-electron chi connectivity index (χ1n) is 9.69. The van der Waals surface area contributed by atoms with E-state index in [2.05, 4.69) is 15.2 Å². The van der Waals surface area contributed by atoms with E-state index in [1.54, 1.807) is 17.6 Å². The number of likely N-dealkylation sites (tertiary alicyclic amines) is 1. The fourth-order valence-corrected chi connectivity index (χ4v) is 5.01. The third-order valence-electron chi connectivity index (χ3n) is 5.28. The number of nitrogens with zero attached hydrogens (tertiary/aromatic N) is 2. The molecular weight excluding hydrogens is 413 g/mol. The third kappa shape index (κ3) is 4.70. The van der Waals surface area contributed by atoms with E-state index >= 15 is 0 Å². The van der Waals surface area contributed by atoms with E-state index in [-0.39, 0.29) is 5.91 Å². The summed E-state index contributed by atoms with van der Waals surface area (Å²) in [5.41, 5.74) is 4.49. The lowest BCUT2D eigenvalue weighted by Crippen LogP contribution is -2.37. The first-order valence-corrected chi connectivity index (χ1v) is 12.4. The topological polar surface area (TPSA) is 112 Å². The van der Waals surface area contributed by atoms with Gasteiger partial charge in [0.2, 0.25) is 0 Å². The molecule has 1 aliphatic carbocycles. The van der Waals surface area contributed by atoms with Gasteiger partial charge in [0, 0.05) is 35.5 Å². The molecular formula is C19H24N3O5PS. The van der Waals surface area contributed by atoms with Gasteiger partial charge >= 0.3 is 7.60 Å². The molecule has 1 aromatic carbocycles. The molecule has 0 saturated carbocycles. The van der Waals surface area contributed by atoms with Crippen LogP contribution in [0, 0.1) is 0 Å². The van der Waals surface area contributed by atoms with Gasteiger partial charge in [-0.2, -0.15) is 0 Å². The highest BCUT2D eigenvalue weighted by Crippen LogP contribution is 2.46. The van der Waals surface area contributed by atoms with Gasteiger partial charge in [0.25, 0.3) is 5.91 Å². The van der Waals surface area contributed by atoms with Crippen molar-refractivity contribution in [3.05, 3.63) is 33.6 Å². The Bertz CT molecular complexity index is 951. The summed E-state index contributed by atoms with van der Waals surface area (Å²) >= 11 is 1.50. The number of carbonyl (C=O) groups is 1. The summed E-state index contributed by atoms with van der Waals surface area (Å²) in [4.78, 5) is 38.9. The molecule has 0 radical (unpaired) electrons. The van der Waals surface area contributed by atoms with Crippen molar-refractivity contribution in [3.63, 3.8) is 0 Å². The van der Waals surface area contributed by atoms with Gasteiger partial charge in [-0.25, -0.2) is 4.98 Å². The number of rotatable bonds is 7. The zero-order chi connectivity index (χ0) is 20.4. The summed E-state index contributed by atoms with van der Waals surface area (Å²) in [6.45, 7) is 3.60. The van der Waals surface area contributed by atoms with Crippen LogP contribution in [0.25, 0.3) is 11.3 Å². The van der Waals surface area contributed by atoms with Gasteiger partial charge in [0.05, 0.1) is 11.2 Å². The van der Waals surface area contributed by atoms with Crippen LogP contribution in [0.3, 0.4) is 0 Å². The molecule has 10 heteroatoms. The maximum Gasteiger partial charge on any atom is 0.362 e. The molecule has 3 N–H and O–H groups in total. The predicted octanol–water partition coefficient (Wildman–Crippen LogP) is 2.44. The number of thiazole rings is 1. The molecule has 0 unspecified atom stereocenters. The lowest BCUT2D eigenvalue weighted by Gasteiger charge is -2.26. The molecule has 2 aliphatic rings. The molecule has 156 valence electrons. The predicted molar refractivity (Wildman–Crippen MR) is 111 cm³/mol. The van der Waals surface area contributed by atoms with Crippen LogP contribution in [-0.2, 0) is 11.0 Å². The minimum absolute atomic E-state index is 0.144. The van der Waals surface area contributed by atoms with Crippen molar-refractivity contribution in [3.8, 4) is 17.0 Å². The quantitative estimate of drug-likeness (QED) is 0.487. The SMILES string of the molecule is O=C(NCCN1CCCCC1)c1ccc(OCP(=O)(O)O)c2c1Cc1scnc1-2. The van der Waals surface area contributed by atoms with E-state index in [4.69, 9.17) is 14.5 Å². The Hall–Kier alpha value is -1.77. The third-order valence-corrected chi connectivity index (χ3v) is 6.58. The molecule has 1 amide bonds. The molecule has 29 heavy (non-hydrogen) atoms. The van der Waals surface area contributed by atoms with Crippen molar-refractivity contribution in [2.24, 2.45) is 0 Å². The van der Waals surface area contributed by atoms with Crippen LogP contribution < -0.4 is 10.1 Å². The number of fused-ring (bicyclic) bond motifs is 3. The van der Waals surface area contributed by atoms with Crippen molar-refractivity contribution < 1.29 is 23.9 Å². The maximum absolute atomic E-state index is 12.8. The molecule has 4 rings (SSSR count). The maximum atomic E-state index is 12.8. The fourth-order valence-electron chi connectivity index (χ4n) is 3.92. The number of ether oxygens (including phenoxy) is 1. The molecule has 2 aromatic rings. The standard InChI is InChI=1S/C19H24N3O5PS/c23-19(20-6-9-22-7-2-1-3-8-22)13-4-5-15(27-12-28(24,25)26)17-14(13)10-16-18(17)21-11-29-16/h4-5,11H,1-3,6-10,12H2,(H,20,23)(H2,24,25,26). The van der Waals surface area contributed by atoms with Gasteiger partial charge < -0.3 is 24.7 Å². The zero-order valence-electron chi connectivity index (χ0n) is 16.0. The van der Waals surface area contributed by atoms with Gasteiger partial charge in [0.15, 0.2) is 6.35 Å². The number of nitrogens with one attached hydrogen (secondary N) is 1. The van der Waals surface area contributed by atoms with Crippen molar-refractivity contribution in [1.82, 2.24) is 15.2 Å². The van der Waals surface area contributed by atoms with E-state index in [9.17, 15) is 9.36 Å². The van der Waals surface area contributed by atoms with Crippen molar-refractivity contribution >= 4 is 24.8 Å². The second kappa shape index (κ2) is 8.53. The lowest BCUT2D eigenvalue weighted by molar-refractivity contribution is 0.0945. The summed E-state index contributed by atoms with van der Waals surface area (Å²) in [5, 5.41) is 3.01. The average Bonchev–Trinajstić information content (AvgIpc) is 3.27. The first kappa shape index (κ1) is 20.5. The van der Waals surface area contributed by atoms with E-state index < -0.39 is 13.9 Å². The Morgan fingerprint density at radius 1 is 1.28 bits per heavy atom. The molecule has 1 aromatic heterocycles. The van der Waals surface area contributed by atoms with Crippen LogP contribution in [0.4, 0.5) is 0 Å². The van der Waals surface area contributed by atoms with E-state index in [0.717, 1.165) is 35.8 Å². The summed E-state index contributed by atoms with van der Waals surface area (Å²) in [7, 11) is -4.31. The minimum atomic E-state index is -4.31. The Labute approximate surface area is 173 Å². The van der Waals surface area contributed by atoms with Crippen LogP contribution in [0.2, 0.25) is 0 Å². The number of aromatic nitrogens is 1. The number of piperidine rings is 1.